The highest BCUT2D eigenvalue weighted by molar-refractivity contribution is 6.08. The fraction of sp³-hybridized carbons (Fsp3) is 0.471. The summed E-state index contributed by atoms with van der Waals surface area (Å²) in [5.74, 6) is -12.7. The standard InChI is InChI=1S/C17H19F4NO6/c1-5-27-15(24)17(22-8(3)23,16(25)28-6-2)7-9-10(18)12(20)14(26-4)13(21)11(9)19/h5-7H2,1-4H3,(H,22,23). The molecule has 0 heterocycles. The number of carbonyl (C=O) groups is 3. The van der Waals surface area contributed by atoms with Crippen LogP contribution in [0.3, 0.4) is 0 Å². The number of amides is 1. The number of hydrogen-bond donors (Lipinski definition) is 1. The van der Waals surface area contributed by atoms with Gasteiger partial charge in [0.05, 0.1) is 20.3 Å². The molecule has 28 heavy (non-hydrogen) atoms. The fourth-order valence-electron chi connectivity index (χ4n) is 2.44. The van der Waals surface area contributed by atoms with Crippen molar-refractivity contribution in [2.75, 3.05) is 20.3 Å². The largest absolute Gasteiger partial charge is 0.491 e. The quantitative estimate of drug-likeness (QED) is 0.305. The number of rotatable bonds is 8. The molecule has 0 saturated heterocycles. The summed E-state index contributed by atoms with van der Waals surface area (Å²) >= 11 is 0. The molecule has 0 fully saturated rings. The van der Waals surface area contributed by atoms with Gasteiger partial charge in [-0.25, -0.2) is 18.4 Å². The number of esters is 2. The summed E-state index contributed by atoms with van der Waals surface area (Å²) < 4.78 is 70.5. The third kappa shape index (κ3) is 4.34. The minimum atomic E-state index is -2.77. The molecule has 1 N–H and O–H groups in total. The highest BCUT2D eigenvalue weighted by Crippen LogP contribution is 2.32. The van der Waals surface area contributed by atoms with E-state index in [-0.39, 0.29) is 13.2 Å². The van der Waals surface area contributed by atoms with Crippen LogP contribution in [0.5, 0.6) is 5.75 Å². The topological polar surface area (TPSA) is 90.9 Å². The van der Waals surface area contributed by atoms with Gasteiger partial charge in [-0.15, -0.1) is 0 Å². The van der Waals surface area contributed by atoms with Crippen molar-refractivity contribution in [1.29, 1.82) is 0 Å². The van der Waals surface area contributed by atoms with Gasteiger partial charge in [0, 0.05) is 18.9 Å². The first-order valence-corrected chi connectivity index (χ1v) is 8.09. The van der Waals surface area contributed by atoms with Crippen LogP contribution in [0.25, 0.3) is 0 Å². The Bertz CT molecular complexity index is 736. The van der Waals surface area contributed by atoms with Crippen LogP contribution in [-0.2, 0) is 30.3 Å². The van der Waals surface area contributed by atoms with Gasteiger partial charge in [0.15, 0.2) is 17.4 Å². The van der Waals surface area contributed by atoms with Gasteiger partial charge in [0.2, 0.25) is 23.1 Å². The molecule has 1 aromatic rings. The molecule has 1 aromatic carbocycles. The van der Waals surface area contributed by atoms with Crippen LogP contribution in [0.2, 0.25) is 0 Å². The van der Waals surface area contributed by atoms with Gasteiger partial charge < -0.3 is 19.5 Å². The van der Waals surface area contributed by atoms with Crippen molar-refractivity contribution < 1.29 is 46.2 Å². The molecule has 1 rings (SSSR count). The summed E-state index contributed by atoms with van der Waals surface area (Å²) in [6.45, 7) is 3.12. The van der Waals surface area contributed by atoms with E-state index in [0.29, 0.717) is 0 Å². The van der Waals surface area contributed by atoms with E-state index in [0.717, 1.165) is 14.0 Å². The highest BCUT2D eigenvalue weighted by atomic mass is 19.2. The number of methoxy groups -OCH3 is 1. The first kappa shape index (κ1) is 23.2. The van der Waals surface area contributed by atoms with Crippen LogP contribution < -0.4 is 10.1 Å². The van der Waals surface area contributed by atoms with Crippen LogP contribution in [0.4, 0.5) is 17.6 Å². The zero-order valence-corrected chi connectivity index (χ0v) is 15.6. The van der Waals surface area contributed by atoms with Gasteiger partial charge in [-0.3, -0.25) is 4.79 Å². The van der Waals surface area contributed by atoms with E-state index in [1.165, 1.54) is 13.8 Å². The second kappa shape index (κ2) is 9.38. The second-order valence-corrected chi connectivity index (χ2v) is 5.47. The lowest BCUT2D eigenvalue weighted by Gasteiger charge is -2.30. The van der Waals surface area contributed by atoms with E-state index >= 15 is 0 Å². The minimum Gasteiger partial charge on any atom is -0.491 e. The van der Waals surface area contributed by atoms with E-state index < -0.39 is 64.4 Å². The maximum absolute atomic E-state index is 14.4. The Hall–Kier alpha value is -2.85. The Kier molecular flexibility index (Phi) is 7.77. The zero-order valence-electron chi connectivity index (χ0n) is 15.6. The SMILES string of the molecule is CCOC(=O)C(Cc1c(F)c(F)c(OC)c(F)c1F)(NC(C)=O)C(=O)OCC. The Labute approximate surface area is 157 Å². The summed E-state index contributed by atoms with van der Waals surface area (Å²) in [5.41, 5.74) is -4.09. The van der Waals surface area contributed by atoms with Crippen LogP contribution in [-0.4, -0.2) is 43.7 Å². The normalized spacial score (nSPS) is 11.0. The fourth-order valence-corrected chi connectivity index (χ4v) is 2.44. The smallest absolute Gasteiger partial charge is 0.344 e. The predicted molar refractivity (Wildman–Crippen MR) is 86.3 cm³/mol. The van der Waals surface area contributed by atoms with E-state index in [1.54, 1.807) is 0 Å². The van der Waals surface area contributed by atoms with Crippen LogP contribution in [0, 0.1) is 23.3 Å². The van der Waals surface area contributed by atoms with Crippen molar-refractivity contribution >= 4 is 17.8 Å². The van der Waals surface area contributed by atoms with Crippen molar-refractivity contribution in [2.45, 2.75) is 32.7 Å². The Morgan fingerprint density at radius 3 is 1.64 bits per heavy atom. The predicted octanol–water partition coefficient (Wildman–Crippen LogP) is 1.80. The zero-order chi connectivity index (χ0) is 21.6. The minimum absolute atomic E-state index is 0.268. The Morgan fingerprint density at radius 1 is 0.893 bits per heavy atom. The third-order valence-corrected chi connectivity index (χ3v) is 3.60. The van der Waals surface area contributed by atoms with E-state index in [2.05, 4.69) is 4.74 Å². The molecular formula is C17H19F4NO6. The Morgan fingerprint density at radius 2 is 1.32 bits per heavy atom. The maximum atomic E-state index is 14.4. The molecule has 0 saturated carbocycles. The molecule has 0 aliphatic rings. The van der Waals surface area contributed by atoms with Gasteiger partial charge in [0.1, 0.15) is 0 Å². The van der Waals surface area contributed by atoms with Gasteiger partial charge >= 0.3 is 11.9 Å². The molecule has 0 bridgehead atoms. The molecule has 1 amide bonds. The third-order valence-electron chi connectivity index (χ3n) is 3.60. The molecule has 7 nitrogen and oxygen atoms in total. The Balaban J connectivity index is 3.71. The molecule has 0 radical (unpaired) electrons. The summed E-state index contributed by atoms with van der Waals surface area (Å²) in [4.78, 5) is 36.5. The number of halogens is 4. The van der Waals surface area contributed by atoms with Crippen LogP contribution >= 0.6 is 0 Å². The second-order valence-electron chi connectivity index (χ2n) is 5.47. The lowest BCUT2D eigenvalue weighted by Crippen LogP contribution is -2.62. The number of hydrogen-bond acceptors (Lipinski definition) is 6. The van der Waals surface area contributed by atoms with Crippen LogP contribution in [0.15, 0.2) is 0 Å². The highest BCUT2D eigenvalue weighted by Gasteiger charge is 2.51. The van der Waals surface area contributed by atoms with E-state index in [9.17, 15) is 31.9 Å². The molecule has 0 spiro atoms. The molecule has 0 aliphatic carbocycles. The number of nitrogens with one attached hydrogen (secondary N) is 1. The molecule has 0 atom stereocenters. The van der Waals surface area contributed by atoms with E-state index in [4.69, 9.17) is 9.47 Å². The number of benzene rings is 1. The van der Waals surface area contributed by atoms with Gasteiger partial charge in [-0.2, -0.15) is 8.78 Å². The summed E-state index contributed by atoms with van der Waals surface area (Å²) in [6.07, 6.45) is -1.31. The van der Waals surface area contributed by atoms with Crippen molar-refractivity contribution in [3.63, 3.8) is 0 Å². The molecule has 0 aliphatic heterocycles. The lowest BCUT2D eigenvalue weighted by atomic mass is 9.89. The van der Waals surface area contributed by atoms with Crippen molar-refractivity contribution in [3.8, 4) is 5.75 Å². The lowest BCUT2D eigenvalue weighted by molar-refractivity contribution is -0.168. The molecule has 0 unspecified atom stereocenters. The molecule has 156 valence electrons. The van der Waals surface area contributed by atoms with Crippen molar-refractivity contribution in [3.05, 3.63) is 28.8 Å². The van der Waals surface area contributed by atoms with Gasteiger partial charge in [0.25, 0.3) is 0 Å². The molecular weight excluding hydrogens is 390 g/mol. The first-order valence-electron chi connectivity index (χ1n) is 8.09. The summed E-state index contributed by atoms with van der Waals surface area (Å²) in [6, 6.07) is 0. The summed E-state index contributed by atoms with van der Waals surface area (Å²) in [5, 5.41) is 1.94. The maximum Gasteiger partial charge on any atom is 0.344 e. The van der Waals surface area contributed by atoms with Crippen LogP contribution in [0.1, 0.15) is 26.3 Å². The monoisotopic (exact) mass is 409 g/mol. The molecule has 0 aromatic heterocycles. The van der Waals surface area contributed by atoms with Gasteiger partial charge in [-0.05, 0) is 13.8 Å². The number of ether oxygens (including phenoxy) is 3. The molecule has 11 heteroatoms. The average molecular weight is 409 g/mol. The number of carbonyl (C=O) groups excluding carboxylic acids is 3. The van der Waals surface area contributed by atoms with Crippen molar-refractivity contribution in [2.24, 2.45) is 0 Å². The average Bonchev–Trinajstić information content (AvgIpc) is 2.63. The van der Waals surface area contributed by atoms with E-state index in [1.807, 2.05) is 5.32 Å². The van der Waals surface area contributed by atoms with Gasteiger partial charge in [-0.1, -0.05) is 0 Å². The first-order chi connectivity index (χ1) is 13.1. The summed E-state index contributed by atoms with van der Waals surface area (Å²) in [7, 11) is 0.791. The van der Waals surface area contributed by atoms with Crippen molar-refractivity contribution in [1.82, 2.24) is 5.32 Å².